The molecule has 1 aromatic carbocycles. The largest absolute Gasteiger partial charge is 0.431 e. The molecule has 0 unspecified atom stereocenters. The van der Waals surface area contributed by atoms with Gasteiger partial charge in [0, 0.05) is 5.38 Å². The number of hydrogen-bond donors (Lipinski definition) is 2. The molecule has 3 aromatic rings. The number of likely N-dealkylation sites (tertiary alicyclic amines) is 1. The van der Waals surface area contributed by atoms with E-state index in [-0.39, 0.29) is 5.91 Å². The summed E-state index contributed by atoms with van der Waals surface area (Å²) in [5.41, 5.74) is 3.33. The summed E-state index contributed by atoms with van der Waals surface area (Å²) in [6, 6.07) is 5.97. The minimum Gasteiger partial charge on any atom is -0.431 e. The highest BCUT2D eigenvalue weighted by atomic mass is 32.2. The summed E-state index contributed by atoms with van der Waals surface area (Å²) in [6.45, 7) is 6.19. The number of amides is 1. The van der Waals surface area contributed by atoms with Crippen LogP contribution >= 0.6 is 23.1 Å². The second-order valence-corrected chi connectivity index (χ2v) is 9.05. The number of thioether (sulfide) groups is 1. The number of carbonyl (C=O) groups is 1. The molecule has 2 aromatic heterocycles. The molecule has 0 radical (unpaired) electrons. The summed E-state index contributed by atoms with van der Waals surface area (Å²) in [5.74, 6) is 0.558. The van der Waals surface area contributed by atoms with Crippen molar-refractivity contribution in [1.29, 1.82) is 0 Å². The number of quaternary nitrogens is 1. The number of hydrogen-bond acceptors (Lipinski definition) is 6. The van der Waals surface area contributed by atoms with E-state index in [1.165, 1.54) is 55.5 Å². The first-order valence-corrected chi connectivity index (χ1v) is 11.6. The summed E-state index contributed by atoms with van der Waals surface area (Å²) in [6.07, 6.45) is 3.95. The Balaban J connectivity index is 1.26. The van der Waals surface area contributed by atoms with Gasteiger partial charge in [-0.2, -0.15) is 0 Å². The number of aryl methyl sites for hydroxylation is 1. The molecule has 0 aliphatic carbocycles. The zero-order chi connectivity index (χ0) is 19.3. The van der Waals surface area contributed by atoms with Crippen LogP contribution in [0.5, 0.6) is 0 Å². The smallest absolute Gasteiger partial charge is 0.270 e. The number of aromatic nitrogens is 2. The van der Waals surface area contributed by atoms with E-state index < -0.39 is 0 Å². The lowest BCUT2D eigenvalue weighted by Gasteiger charge is -2.23. The fraction of sp³-hybridized carbons (Fsp3) is 0.450. The van der Waals surface area contributed by atoms with E-state index in [4.69, 9.17) is 4.42 Å². The van der Waals surface area contributed by atoms with E-state index in [0.29, 0.717) is 23.2 Å². The number of oxazole rings is 1. The third-order valence-corrected chi connectivity index (χ3v) is 6.82. The average molecular weight is 418 g/mol. The molecule has 6 nitrogen and oxygen atoms in total. The normalized spacial score (nSPS) is 15.2. The molecule has 28 heavy (non-hydrogen) atoms. The molecule has 3 heterocycles. The second-order valence-electron chi connectivity index (χ2n) is 7.18. The molecule has 4 rings (SSSR count). The van der Waals surface area contributed by atoms with Crippen LogP contribution in [0, 0.1) is 6.92 Å². The summed E-state index contributed by atoms with van der Waals surface area (Å²) in [5, 5.41) is 6.36. The van der Waals surface area contributed by atoms with Crippen LogP contribution in [0.25, 0.3) is 11.1 Å². The van der Waals surface area contributed by atoms with Gasteiger partial charge in [0.15, 0.2) is 5.58 Å². The molecule has 1 aliphatic heterocycles. The van der Waals surface area contributed by atoms with Crippen molar-refractivity contribution in [3.8, 4) is 0 Å². The van der Waals surface area contributed by atoms with Crippen molar-refractivity contribution in [3.05, 3.63) is 39.8 Å². The van der Waals surface area contributed by atoms with Crippen LogP contribution in [0.15, 0.2) is 33.2 Å². The van der Waals surface area contributed by atoms with Crippen molar-refractivity contribution in [2.75, 3.05) is 26.2 Å². The SMILES string of the molecule is Cc1ccc2oc(SCc3nc(C(=O)NCC[NH+]4CCCCC4)cs3)nc2c1. The fourth-order valence-electron chi connectivity index (χ4n) is 3.43. The van der Waals surface area contributed by atoms with Gasteiger partial charge in [0.25, 0.3) is 11.1 Å². The lowest BCUT2D eigenvalue weighted by Crippen LogP contribution is -3.13. The highest BCUT2D eigenvalue weighted by Crippen LogP contribution is 2.27. The van der Waals surface area contributed by atoms with Crippen molar-refractivity contribution in [1.82, 2.24) is 15.3 Å². The van der Waals surface area contributed by atoms with Gasteiger partial charge in [-0.15, -0.1) is 11.3 Å². The number of rotatable bonds is 7. The van der Waals surface area contributed by atoms with Gasteiger partial charge in [-0.3, -0.25) is 4.79 Å². The van der Waals surface area contributed by atoms with Crippen LogP contribution in [0.1, 0.15) is 40.3 Å². The number of fused-ring (bicyclic) bond motifs is 1. The molecule has 1 amide bonds. The molecular formula is C20H25N4O2S2+. The molecule has 0 spiro atoms. The predicted octanol–water partition coefficient (Wildman–Crippen LogP) is 2.68. The maximum atomic E-state index is 12.3. The maximum Gasteiger partial charge on any atom is 0.270 e. The molecule has 1 fully saturated rings. The minimum absolute atomic E-state index is 0.0822. The molecule has 8 heteroatoms. The number of piperidine rings is 1. The lowest BCUT2D eigenvalue weighted by atomic mass is 10.1. The van der Waals surface area contributed by atoms with Crippen LogP contribution in [-0.4, -0.2) is 42.1 Å². The van der Waals surface area contributed by atoms with Crippen molar-refractivity contribution in [2.45, 2.75) is 37.2 Å². The van der Waals surface area contributed by atoms with Crippen molar-refractivity contribution in [2.24, 2.45) is 0 Å². The number of thiazole rings is 1. The van der Waals surface area contributed by atoms with Gasteiger partial charge in [-0.25, -0.2) is 9.97 Å². The van der Waals surface area contributed by atoms with Gasteiger partial charge >= 0.3 is 0 Å². The molecule has 2 N–H and O–H groups in total. The van der Waals surface area contributed by atoms with Gasteiger partial charge in [0.1, 0.15) is 16.2 Å². The third kappa shape index (κ3) is 4.92. The number of benzene rings is 1. The Morgan fingerprint density at radius 2 is 2.14 bits per heavy atom. The first-order valence-electron chi connectivity index (χ1n) is 9.73. The van der Waals surface area contributed by atoms with E-state index in [1.54, 1.807) is 4.90 Å². The van der Waals surface area contributed by atoms with Crippen LogP contribution < -0.4 is 10.2 Å². The quantitative estimate of drug-likeness (QED) is 0.579. The first-order chi connectivity index (χ1) is 13.7. The van der Waals surface area contributed by atoms with Gasteiger partial charge in [-0.1, -0.05) is 17.8 Å². The maximum absolute atomic E-state index is 12.3. The van der Waals surface area contributed by atoms with Gasteiger partial charge in [-0.05, 0) is 43.9 Å². The topological polar surface area (TPSA) is 72.5 Å². The number of carbonyl (C=O) groups excluding carboxylic acids is 1. The molecule has 1 aliphatic rings. The Morgan fingerprint density at radius 1 is 1.29 bits per heavy atom. The highest BCUT2D eigenvalue weighted by Gasteiger charge is 2.15. The standard InChI is InChI=1S/C20H24N4O2S2/c1-14-5-6-17-15(11-14)23-20(26-17)28-13-18-22-16(12-27-18)19(25)21-7-10-24-8-3-2-4-9-24/h5-6,11-12H,2-4,7-10,13H2,1H3,(H,21,25)/p+1. The Labute approximate surface area is 172 Å². The third-order valence-electron chi connectivity index (χ3n) is 4.95. The monoisotopic (exact) mass is 417 g/mol. The summed E-state index contributed by atoms with van der Waals surface area (Å²) in [4.78, 5) is 22.9. The van der Waals surface area contributed by atoms with Gasteiger partial charge in [0.2, 0.25) is 0 Å². The highest BCUT2D eigenvalue weighted by molar-refractivity contribution is 7.98. The predicted molar refractivity (Wildman–Crippen MR) is 112 cm³/mol. The van der Waals surface area contributed by atoms with E-state index in [0.717, 1.165) is 28.2 Å². The number of nitrogens with one attached hydrogen (secondary N) is 2. The Morgan fingerprint density at radius 3 is 3.00 bits per heavy atom. The molecule has 0 saturated carbocycles. The van der Waals surface area contributed by atoms with Crippen LogP contribution in [-0.2, 0) is 5.75 Å². The summed E-state index contributed by atoms with van der Waals surface area (Å²) in [7, 11) is 0. The molecule has 148 valence electrons. The van der Waals surface area contributed by atoms with E-state index in [1.807, 2.05) is 30.5 Å². The lowest BCUT2D eigenvalue weighted by molar-refractivity contribution is -0.903. The molecular weight excluding hydrogens is 392 g/mol. The van der Waals surface area contributed by atoms with Crippen LogP contribution in [0.3, 0.4) is 0 Å². The Bertz CT molecular complexity index is 947. The van der Waals surface area contributed by atoms with Gasteiger partial charge in [0.05, 0.1) is 31.9 Å². The second kappa shape index (κ2) is 9.07. The van der Waals surface area contributed by atoms with Crippen LogP contribution in [0.4, 0.5) is 0 Å². The van der Waals surface area contributed by atoms with Crippen molar-refractivity contribution < 1.29 is 14.1 Å². The fourth-order valence-corrected chi connectivity index (χ4v) is 5.06. The first kappa shape index (κ1) is 19.4. The average Bonchev–Trinajstić information content (AvgIpc) is 3.33. The van der Waals surface area contributed by atoms with Crippen molar-refractivity contribution >= 4 is 40.1 Å². The number of nitrogens with zero attached hydrogens (tertiary/aromatic N) is 2. The zero-order valence-electron chi connectivity index (χ0n) is 16.0. The molecule has 1 saturated heterocycles. The van der Waals surface area contributed by atoms with Crippen LogP contribution in [0.2, 0.25) is 0 Å². The summed E-state index contributed by atoms with van der Waals surface area (Å²) >= 11 is 3.00. The molecule has 0 bridgehead atoms. The molecule has 0 atom stereocenters. The minimum atomic E-state index is -0.0822. The summed E-state index contributed by atoms with van der Waals surface area (Å²) < 4.78 is 5.76. The Kier molecular flexibility index (Phi) is 6.29. The Hall–Kier alpha value is -1.90. The van der Waals surface area contributed by atoms with E-state index >= 15 is 0 Å². The van der Waals surface area contributed by atoms with E-state index in [9.17, 15) is 4.79 Å². The van der Waals surface area contributed by atoms with Gasteiger partial charge < -0.3 is 14.6 Å². The van der Waals surface area contributed by atoms with E-state index in [2.05, 4.69) is 15.3 Å². The zero-order valence-corrected chi connectivity index (χ0v) is 17.6. The van der Waals surface area contributed by atoms with Crippen molar-refractivity contribution in [3.63, 3.8) is 0 Å².